The Morgan fingerprint density at radius 1 is 0.964 bits per heavy atom. The van der Waals surface area contributed by atoms with E-state index in [0.29, 0.717) is 17.7 Å². The van der Waals surface area contributed by atoms with Gasteiger partial charge in [-0.05, 0) is 47.7 Å². The van der Waals surface area contributed by atoms with Crippen molar-refractivity contribution in [1.82, 2.24) is 0 Å². The van der Waals surface area contributed by atoms with Crippen molar-refractivity contribution in [3.8, 4) is 16.9 Å². The highest BCUT2D eigenvalue weighted by Crippen LogP contribution is 2.23. The van der Waals surface area contributed by atoms with Crippen molar-refractivity contribution in [3.05, 3.63) is 54.1 Å². The van der Waals surface area contributed by atoms with Gasteiger partial charge in [0.15, 0.2) is 0 Å². The van der Waals surface area contributed by atoms with Gasteiger partial charge >= 0.3 is 11.9 Å². The quantitative estimate of drug-likeness (QED) is 0.299. The molecule has 4 nitrogen and oxygen atoms in total. The lowest BCUT2D eigenvalue weighted by molar-refractivity contribution is -0.134. The van der Waals surface area contributed by atoms with E-state index in [0.717, 1.165) is 24.0 Å². The van der Waals surface area contributed by atoms with E-state index in [2.05, 4.69) is 0 Å². The van der Waals surface area contributed by atoms with Gasteiger partial charge in [-0.25, -0.2) is 4.79 Å². The molecule has 0 aliphatic rings. The molecule has 150 valence electrons. The van der Waals surface area contributed by atoms with Crippen molar-refractivity contribution >= 4 is 23.5 Å². The van der Waals surface area contributed by atoms with Crippen molar-refractivity contribution in [2.24, 2.45) is 5.92 Å². The third-order valence-electron chi connectivity index (χ3n) is 4.37. The van der Waals surface area contributed by atoms with Crippen LogP contribution in [0, 0.1) is 5.92 Å². The summed E-state index contributed by atoms with van der Waals surface area (Å²) in [6, 6.07) is 14.5. The summed E-state index contributed by atoms with van der Waals surface area (Å²) in [6.07, 6.45) is 2.22. The number of hydrogen-bond acceptors (Lipinski definition) is 4. The summed E-state index contributed by atoms with van der Waals surface area (Å²) in [5, 5.41) is -0.196. The Morgan fingerprint density at radius 2 is 1.54 bits per heavy atom. The molecule has 0 aliphatic carbocycles. The molecule has 2 aromatic carbocycles. The molecule has 0 N–H and O–H groups in total. The lowest BCUT2D eigenvalue weighted by Gasteiger charge is -2.13. The third kappa shape index (κ3) is 6.68. The first-order valence-electron chi connectivity index (χ1n) is 9.63. The topological polar surface area (TPSA) is 52.6 Å². The number of unbranched alkanes of at least 4 members (excludes halogenated alkanes) is 1. The van der Waals surface area contributed by atoms with Crippen LogP contribution in [0.15, 0.2) is 48.5 Å². The van der Waals surface area contributed by atoms with Gasteiger partial charge in [0.05, 0.1) is 10.9 Å². The molecule has 1 unspecified atom stereocenters. The van der Waals surface area contributed by atoms with Crippen molar-refractivity contribution < 1.29 is 19.1 Å². The van der Waals surface area contributed by atoms with Crippen LogP contribution in [0.1, 0.15) is 50.4 Å². The van der Waals surface area contributed by atoms with Crippen LogP contribution in [-0.2, 0) is 9.53 Å². The zero-order chi connectivity index (χ0) is 20.5. The summed E-state index contributed by atoms with van der Waals surface area (Å²) < 4.78 is 10.6. The predicted octanol–water partition coefficient (Wildman–Crippen LogP) is 5.87. The van der Waals surface area contributed by atoms with Crippen molar-refractivity contribution in [1.29, 1.82) is 0 Å². The molecule has 1 atom stereocenters. The molecule has 0 aliphatic heterocycles. The first-order valence-corrected chi connectivity index (χ1v) is 10.1. The normalized spacial score (nSPS) is 11.9. The Kier molecular flexibility index (Phi) is 8.52. The Hall–Kier alpha value is -2.33. The van der Waals surface area contributed by atoms with E-state index in [1.165, 1.54) is 0 Å². The van der Waals surface area contributed by atoms with Crippen LogP contribution in [-0.4, -0.2) is 23.9 Å². The maximum absolute atomic E-state index is 12.1. The molecular formula is C23H27ClO4. The molecule has 0 radical (unpaired) electrons. The van der Waals surface area contributed by atoms with Crippen LogP contribution in [0.5, 0.6) is 5.75 Å². The second kappa shape index (κ2) is 10.9. The van der Waals surface area contributed by atoms with E-state index in [4.69, 9.17) is 21.1 Å². The average molecular weight is 403 g/mol. The van der Waals surface area contributed by atoms with Gasteiger partial charge in [0.25, 0.3) is 0 Å². The Balaban J connectivity index is 1.95. The first-order chi connectivity index (χ1) is 13.4. The second-order valence-corrected chi connectivity index (χ2v) is 7.60. The molecule has 2 aromatic rings. The van der Waals surface area contributed by atoms with E-state index in [9.17, 15) is 9.59 Å². The van der Waals surface area contributed by atoms with E-state index < -0.39 is 0 Å². The number of esters is 2. The van der Waals surface area contributed by atoms with Gasteiger partial charge in [0.2, 0.25) is 0 Å². The zero-order valence-corrected chi connectivity index (χ0v) is 17.4. The molecule has 0 fully saturated rings. The van der Waals surface area contributed by atoms with Gasteiger partial charge < -0.3 is 9.47 Å². The number of carbonyl (C=O) groups excluding carboxylic acids is 2. The highest BCUT2D eigenvalue weighted by Gasteiger charge is 2.14. The van der Waals surface area contributed by atoms with Gasteiger partial charge in [-0.3, -0.25) is 4.79 Å². The second-order valence-electron chi connectivity index (χ2n) is 7.04. The average Bonchev–Trinajstić information content (AvgIpc) is 2.70. The van der Waals surface area contributed by atoms with E-state index >= 15 is 0 Å². The number of hydrogen-bond donors (Lipinski definition) is 0. The number of ether oxygens (including phenoxy) is 2. The number of halogens is 1. The molecular weight excluding hydrogens is 376 g/mol. The first kappa shape index (κ1) is 22.0. The smallest absolute Gasteiger partial charge is 0.338 e. The van der Waals surface area contributed by atoms with Crippen molar-refractivity contribution in [3.63, 3.8) is 0 Å². The van der Waals surface area contributed by atoms with Crippen LogP contribution < -0.4 is 4.74 Å². The summed E-state index contributed by atoms with van der Waals surface area (Å²) in [4.78, 5) is 23.8. The molecule has 0 heterocycles. The predicted molar refractivity (Wildman–Crippen MR) is 112 cm³/mol. The molecule has 0 saturated heterocycles. The standard InChI is InChI=1S/C23H27ClO4/c1-4-5-6-22(25)28-20-13-11-18(12-14-20)17-7-9-19(10-8-17)23(26)27-15-21(24)16(2)3/h7-14,16,21H,4-6,15H2,1-3H3. The molecule has 0 bridgehead atoms. The maximum atomic E-state index is 12.1. The fraction of sp³-hybridized carbons (Fsp3) is 0.391. The molecule has 0 amide bonds. The van der Waals surface area contributed by atoms with E-state index in [1.807, 2.05) is 45.0 Å². The lowest BCUT2D eigenvalue weighted by atomic mass is 10.0. The number of benzene rings is 2. The lowest BCUT2D eigenvalue weighted by Crippen LogP contribution is -2.18. The minimum absolute atomic E-state index is 0.193. The van der Waals surface area contributed by atoms with Crippen molar-refractivity contribution in [2.75, 3.05) is 6.61 Å². The van der Waals surface area contributed by atoms with Gasteiger partial charge in [0, 0.05) is 6.42 Å². The van der Waals surface area contributed by atoms with Gasteiger partial charge in [-0.2, -0.15) is 0 Å². The summed E-state index contributed by atoms with van der Waals surface area (Å²) in [5.41, 5.74) is 2.41. The molecule has 5 heteroatoms. The van der Waals surface area contributed by atoms with E-state index in [-0.39, 0.29) is 29.8 Å². The van der Waals surface area contributed by atoms with Gasteiger partial charge in [0.1, 0.15) is 12.4 Å². The Bertz CT molecular complexity index is 766. The molecule has 2 rings (SSSR count). The Morgan fingerprint density at radius 3 is 2.07 bits per heavy atom. The molecule has 0 saturated carbocycles. The van der Waals surface area contributed by atoms with E-state index in [1.54, 1.807) is 24.3 Å². The number of rotatable bonds is 9. The Labute approximate surface area is 171 Å². The summed E-state index contributed by atoms with van der Waals surface area (Å²) >= 11 is 6.11. The minimum atomic E-state index is -0.382. The van der Waals surface area contributed by atoms with Crippen LogP contribution in [0.4, 0.5) is 0 Å². The van der Waals surface area contributed by atoms with Crippen LogP contribution in [0.25, 0.3) is 11.1 Å². The summed E-state index contributed by atoms with van der Waals surface area (Å²) in [6.45, 7) is 6.20. The number of carbonyl (C=O) groups is 2. The van der Waals surface area contributed by atoms with Gasteiger partial charge in [-0.15, -0.1) is 11.6 Å². The SMILES string of the molecule is CCCCC(=O)Oc1ccc(-c2ccc(C(=O)OCC(Cl)C(C)C)cc2)cc1. The highest BCUT2D eigenvalue weighted by molar-refractivity contribution is 6.21. The van der Waals surface area contributed by atoms with Crippen LogP contribution >= 0.6 is 11.6 Å². The third-order valence-corrected chi connectivity index (χ3v) is 5.00. The fourth-order valence-corrected chi connectivity index (χ4v) is 2.51. The molecule has 0 spiro atoms. The van der Waals surface area contributed by atoms with Crippen LogP contribution in [0.2, 0.25) is 0 Å². The minimum Gasteiger partial charge on any atom is -0.461 e. The monoisotopic (exact) mass is 402 g/mol. The number of alkyl halides is 1. The van der Waals surface area contributed by atoms with Gasteiger partial charge in [-0.1, -0.05) is 51.5 Å². The summed E-state index contributed by atoms with van der Waals surface area (Å²) in [5.74, 6) is 0.179. The summed E-state index contributed by atoms with van der Waals surface area (Å²) in [7, 11) is 0. The maximum Gasteiger partial charge on any atom is 0.338 e. The van der Waals surface area contributed by atoms with Crippen molar-refractivity contribution in [2.45, 2.75) is 45.4 Å². The zero-order valence-electron chi connectivity index (χ0n) is 16.6. The molecule has 28 heavy (non-hydrogen) atoms. The molecule has 0 aromatic heterocycles. The largest absolute Gasteiger partial charge is 0.461 e. The van der Waals surface area contributed by atoms with Crippen LogP contribution in [0.3, 0.4) is 0 Å². The highest BCUT2D eigenvalue weighted by atomic mass is 35.5. The fourth-order valence-electron chi connectivity index (χ4n) is 2.45.